The molecule has 1 aromatic heterocycles. The molecule has 3 N–H and O–H groups in total. The minimum absolute atomic E-state index is 0.0446. The van der Waals surface area contributed by atoms with Crippen molar-refractivity contribution in [1.29, 1.82) is 0 Å². The molecular formula is C22H30ClN3O5S. The molecule has 0 saturated heterocycles. The van der Waals surface area contributed by atoms with E-state index in [1.54, 1.807) is 45.0 Å². The van der Waals surface area contributed by atoms with Gasteiger partial charge in [0.2, 0.25) is 0 Å². The van der Waals surface area contributed by atoms with Crippen molar-refractivity contribution in [2.45, 2.75) is 57.7 Å². The molecule has 1 heterocycles. The summed E-state index contributed by atoms with van der Waals surface area (Å²) in [6.07, 6.45) is 2.21. The summed E-state index contributed by atoms with van der Waals surface area (Å²) in [5.74, 6) is -0.365. The summed E-state index contributed by atoms with van der Waals surface area (Å²) in [5, 5.41) is 7.22. The Morgan fingerprint density at radius 3 is 2.53 bits per heavy atom. The second-order valence-electron chi connectivity index (χ2n) is 9.52. The fraction of sp³-hybridized carbons (Fsp3) is 0.545. The molecule has 0 aliphatic heterocycles. The number of benzene rings is 1. The maximum atomic E-state index is 12.9. The molecular weight excluding hydrogens is 454 g/mol. The van der Waals surface area contributed by atoms with Crippen molar-refractivity contribution in [3.8, 4) is 0 Å². The number of carbonyl (C=O) groups excluding carboxylic acids is 2. The van der Waals surface area contributed by atoms with Crippen LogP contribution in [0.1, 0.15) is 50.5 Å². The van der Waals surface area contributed by atoms with E-state index in [0.29, 0.717) is 30.0 Å². The molecule has 0 bridgehead atoms. The average Bonchev–Trinajstić information content (AvgIpc) is 3.04. The van der Waals surface area contributed by atoms with Crippen LogP contribution in [0.25, 0.3) is 10.9 Å². The van der Waals surface area contributed by atoms with E-state index in [1.807, 2.05) is 0 Å². The van der Waals surface area contributed by atoms with Crippen molar-refractivity contribution >= 4 is 44.3 Å². The number of aromatic amines is 1. The Morgan fingerprint density at radius 2 is 1.88 bits per heavy atom. The van der Waals surface area contributed by atoms with Crippen molar-refractivity contribution in [3.63, 3.8) is 0 Å². The summed E-state index contributed by atoms with van der Waals surface area (Å²) < 4.78 is 28.9. The number of carbonyl (C=O) groups is 2. The fourth-order valence-electron chi connectivity index (χ4n) is 4.10. The minimum Gasteiger partial charge on any atom is -0.444 e. The summed E-state index contributed by atoms with van der Waals surface area (Å²) in [4.78, 5) is 28.4. The van der Waals surface area contributed by atoms with Gasteiger partial charge in [0.15, 0.2) is 0 Å². The number of fused-ring (bicyclic) bond motifs is 1. The predicted octanol–water partition coefficient (Wildman–Crippen LogP) is 3.66. The molecule has 1 fully saturated rings. The van der Waals surface area contributed by atoms with Gasteiger partial charge in [-0.3, -0.25) is 4.79 Å². The zero-order chi connectivity index (χ0) is 23.7. The van der Waals surface area contributed by atoms with E-state index in [1.165, 1.54) is 6.26 Å². The second-order valence-corrected chi connectivity index (χ2v) is 12.1. The third kappa shape index (κ3) is 6.87. The molecule has 3 rings (SSSR count). The Morgan fingerprint density at radius 1 is 1.16 bits per heavy atom. The summed E-state index contributed by atoms with van der Waals surface area (Å²) in [5.41, 5.74) is 0.506. The highest BCUT2D eigenvalue weighted by molar-refractivity contribution is 7.90. The van der Waals surface area contributed by atoms with Crippen molar-refractivity contribution < 1.29 is 22.7 Å². The van der Waals surface area contributed by atoms with Gasteiger partial charge in [0.1, 0.15) is 21.1 Å². The molecule has 176 valence electrons. The normalized spacial score (nSPS) is 21.8. The molecule has 1 aliphatic rings. The van der Waals surface area contributed by atoms with Gasteiger partial charge >= 0.3 is 6.09 Å². The Labute approximate surface area is 193 Å². The molecule has 8 nitrogen and oxygen atoms in total. The molecule has 1 aromatic carbocycles. The molecule has 3 atom stereocenters. The van der Waals surface area contributed by atoms with Gasteiger partial charge in [-0.1, -0.05) is 11.6 Å². The number of rotatable bonds is 5. The Kier molecular flexibility index (Phi) is 7.09. The van der Waals surface area contributed by atoms with E-state index in [0.717, 1.165) is 10.9 Å². The standard InChI is InChI=1S/C22H30ClN3O5S/c1-22(2,3)31-21(28)26-18-9-13(12-32(4,29)30)5-7-17(18)25-20(27)19-11-14-10-15(23)6-8-16(14)24-19/h6,8,10-11,13,17-18,24H,5,7,9,12H2,1-4H3,(H,25,27)(H,26,28)/t13-,17-,18+/m0/s1. The van der Waals surface area contributed by atoms with Crippen molar-refractivity contribution in [1.82, 2.24) is 15.6 Å². The fourth-order valence-corrected chi connectivity index (χ4v) is 5.44. The highest BCUT2D eigenvalue weighted by Crippen LogP contribution is 2.27. The van der Waals surface area contributed by atoms with Crippen LogP contribution < -0.4 is 10.6 Å². The molecule has 2 aromatic rings. The van der Waals surface area contributed by atoms with Crippen LogP contribution in [0, 0.1) is 5.92 Å². The van der Waals surface area contributed by atoms with Gasteiger partial charge < -0.3 is 20.4 Å². The van der Waals surface area contributed by atoms with Crippen LogP contribution in [-0.4, -0.2) is 55.1 Å². The third-order valence-corrected chi connectivity index (χ3v) is 6.66. The Hall–Kier alpha value is -2.26. The lowest BCUT2D eigenvalue weighted by Crippen LogP contribution is -2.55. The molecule has 32 heavy (non-hydrogen) atoms. The summed E-state index contributed by atoms with van der Waals surface area (Å²) in [6, 6.07) is 6.23. The highest BCUT2D eigenvalue weighted by atomic mass is 35.5. The summed E-state index contributed by atoms with van der Waals surface area (Å²) in [6.45, 7) is 5.30. The number of aromatic nitrogens is 1. The second kappa shape index (κ2) is 9.31. The van der Waals surface area contributed by atoms with Gasteiger partial charge in [0.25, 0.3) is 5.91 Å². The van der Waals surface area contributed by atoms with E-state index in [2.05, 4.69) is 15.6 Å². The third-order valence-electron chi connectivity index (χ3n) is 5.34. The topological polar surface area (TPSA) is 117 Å². The van der Waals surface area contributed by atoms with Crippen LogP contribution in [0.5, 0.6) is 0 Å². The maximum Gasteiger partial charge on any atom is 0.407 e. The number of H-pyrrole nitrogens is 1. The van der Waals surface area contributed by atoms with Crippen LogP contribution in [-0.2, 0) is 14.6 Å². The molecule has 2 amide bonds. The van der Waals surface area contributed by atoms with E-state index in [-0.39, 0.29) is 23.6 Å². The van der Waals surface area contributed by atoms with Gasteiger partial charge in [-0.25, -0.2) is 13.2 Å². The number of nitrogens with one attached hydrogen (secondary N) is 3. The van der Waals surface area contributed by atoms with Gasteiger partial charge in [-0.15, -0.1) is 0 Å². The SMILES string of the molecule is CC(C)(C)OC(=O)N[C@@H]1C[C@@H](CS(C)(=O)=O)CC[C@@H]1NC(=O)c1cc2cc(Cl)ccc2[nH]1. The van der Waals surface area contributed by atoms with Gasteiger partial charge in [-0.05, 0) is 70.2 Å². The minimum atomic E-state index is -3.15. The predicted molar refractivity (Wildman–Crippen MR) is 125 cm³/mol. The van der Waals surface area contributed by atoms with Gasteiger partial charge in [0.05, 0.1) is 11.8 Å². The van der Waals surface area contributed by atoms with E-state index >= 15 is 0 Å². The number of alkyl carbamates (subject to hydrolysis) is 1. The number of ether oxygens (including phenoxy) is 1. The van der Waals surface area contributed by atoms with Crippen LogP contribution in [0.4, 0.5) is 4.79 Å². The first-order valence-corrected chi connectivity index (χ1v) is 13.0. The quantitative estimate of drug-likeness (QED) is 0.600. The molecule has 10 heteroatoms. The van der Waals surface area contributed by atoms with Crippen molar-refractivity contribution in [3.05, 3.63) is 35.0 Å². The molecule has 1 aliphatic carbocycles. The summed E-state index contributed by atoms with van der Waals surface area (Å²) in [7, 11) is -3.15. The maximum absolute atomic E-state index is 12.9. The van der Waals surface area contributed by atoms with Crippen molar-refractivity contribution in [2.24, 2.45) is 5.92 Å². The number of halogens is 1. The van der Waals surface area contributed by atoms with Crippen molar-refractivity contribution in [2.75, 3.05) is 12.0 Å². The smallest absolute Gasteiger partial charge is 0.407 e. The van der Waals surface area contributed by atoms with E-state index in [9.17, 15) is 18.0 Å². The lowest BCUT2D eigenvalue weighted by Gasteiger charge is -2.37. The lowest BCUT2D eigenvalue weighted by atomic mass is 9.83. The van der Waals surface area contributed by atoms with E-state index < -0.39 is 27.6 Å². The first-order valence-electron chi connectivity index (χ1n) is 10.6. The zero-order valence-corrected chi connectivity index (χ0v) is 20.3. The summed E-state index contributed by atoms with van der Waals surface area (Å²) >= 11 is 6.03. The molecule has 1 saturated carbocycles. The van der Waals surface area contributed by atoms with Crippen LogP contribution >= 0.6 is 11.6 Å². The lowest BCUT2D eigenvalue weighted by molar-refractivity contribution is 0.0465. The number of sulfone groups is 1. The first kappa shape index (κ1) is 24.4. The zero-order valence-electron chi connectivity index (χ0n) is 18.7. The number of hydrogen-bond donors (Lipinski definition) is 3. The molecule has 0 spiro atoms. The van der Waals surface area contributed by atoms with Crippen LogP contribution in [0.3, 0.4) is 0 Å². The molecule has 0 radical (unpaired) electrons. The molecule has 0 unspecified atom stereocenters. The monoisotopic (exact) mass is 483 g/mol. The largest absolute Gasteiger partial charge is 0.444 e. The highest BCUT2D eigenvalue weighted by Gasteiger charge is 2.35. The van der Waals surface area contributed by atoms with E-state index in [4.69, 9.17) is 16.3 Å². The van der Waals surface area contributed by atoms with Gasteiger partial charge in [0, 0.05) is 28.2 Å². The van der Waals surface area contributed by atoms with Crippen LogP contribution in [0.2, 0.25) is 5.02 Å². The average molecular weight is 484 g/mol. The Bertz CT molecular complexity index is 1110. The van der Waals surface area contributed by atoms with Crippen LogP contribution in [0.15, 0.2) is 24.3 Å². The Balaban J connectivity index is 1.74. The van der Waals surface area contributed by atoms with Gasteiger partial charge in [-0.2, -0.15) is 0 Å². The first-order chi connectivity index (χ1) is 14.8. The number of hydrogen-bond acceptors (Lipinski definition) is 5. The number of amides is 2.